The summed E-state index contributed by atoms with van der Waals surface area (Å²) >= 11 is 0. The molecule has 0 aliphatic rings. The van der Waals surface area contributed by atoms with Crippen molar-refractivity contribution >= 4 is 27.6 Å². The van der Waals surface area contributed by atoms with Gasteiger partial charge in [0.1, 0.15) is 23.4 Å². The number of benzene rings is 2. The molecule has 0 unspecified atom stereocenters. The van der Waals surface area contributed by atoms with Crippen molar-refractivity contribution in [3.63, 3.8) is 0 Å². The molecule has 3 heterocycles. The molecule has 148 valence electrons. The van der Waals surface area contributed by atoms with E-state index >= 15 is 0 Å². The van der Waals surface area contributed by atoms with E-state index in [9.17, 15) is 4.79 Å². The van der Waals surface area contributed by atoms with E-state index in [4.69, 9.17) is 10.7 Å². The highest BCUT2D eigenvalue weighted by Gasteiger charge is 2.17. The van der Waals surface area contributed by atoms with Crippen molar-refractivity contribution in [1.82, 2.24) is 29.5 Å². The van der Waals surface area contributed by atoms with Crippen LogP contribution in [0.4, 0.5) is 5.69 Å². The highest BCUT2D eigenvalue weighted by Crippen LogP contribution is 2.21. The molecule has 0 radical (unpaired) electrons. The number of para-hydroxylation sites is 1. The van der Waals surface area contributed by atoms with E-state index < -0.39 is 0 Å². The van der Waals surface area contributed by atoms with E-state index in [2.05, 4.69) is 15.3 Å². The number of anilines is 1. The summed E-state index contributed by atoms with van der Waals surface area (Å²) in [5, 5.41) is 9.00. The highest BCUT2D eigenvalue weighted by molar-refractivity contribution is 5.85. The number of hydrogen-bond acceptors (Lipinski definition) is 6. The Morgan fingerprint density at radius 2 is 1.80 bits per heavy atom. The smallest absolute Gasteiger partial charge is 0.266 e. The van der Waals surface area contributed by atoms with Gasteiger partial charge in [-0.05, 0) is 37.1 Å². The van der Waals surface area contributed by atoms with Crippen LogP contribution in [0, 0.1) is 13.8 Å². The maximum Gasteiger partial charge on any atom is 0.266 e. The van der Waals surface area contributed by atoms with Gasteiger partial charge in [0.15, 0.2) is 0 Å². The van der Waals surface area contributed by atoms with Gasteiger partial charge in [0, 0.05) is 0 Å². The first-order valence-corrected chi connectivity index (χ1v) is 9.54. The van der Waals surface area contributed by atoms with Gasteiger partial charge in [-0.2, -0.15) is 0 Å². The fraction of sp³-hybridized carbons (Fsp3) is 0.136. The molecule has 0 amide bonds. The molecular weight excluding hydrogens is 378 g/mol. The van der Waals surface area contributed by atoms with Crippen LogP contribution in [-0.2, 0) is 6.54 Å². The van der Waals surface area contributed by atoms with E-state index in [0.717, 1.165) is 16.8 Å². The van der Waals surface area contributed by atoms with Crippen LogP contribution in [0.3, 0.4) is 0 Å². The minimum Gasteiger partial charge on any atom is -0.396 e. The average molecular weight is 397 g/mol. The molecule has 0 bridgehead atoms. The van der Waals surface area contributed by atoms with E-state index in [1.54, 1.807) is 21.6 Å². The third-order valence-electron chi connectivity index (χ3n) is 5.28. The number of hydrogen-bond donors (Lipinski definition) is 1. The number of nitrogens with zero attached hydrogens (tertiary/aromatic N) is 6. The Morgan fingerprint density at radius 1 is 1.00 bits per heavy atom. The van der Waals surface area contributed by atoms with Crippen LogP contribution >= 0.6 is 0 Å². The van der Waals surface area contributed by atoms with Gasteiger partial charge in [-0.15, -0.1) is 5.10 Å². The minimum atomic E-state index is -0.107. The third kappa shape index (κ3) is 2.73. The van der Waals surface area contributed by atoms with Crippen molar-refractivity contribution in [1.29, 1.82) is 0 Å². The van der Waals surface area contributed by atoms with Crippen LogP contribution in [0.1, 0.15) is 17.0 Å². The number of nitrogen functional groups attached to an aromatic ring is 1. The lowest BCUT2D eigenvalue weighted by Gasteiger charge is -2.16. The van der Waals surface area contributed by atoms with Crippen molar-refractivity contribution in [3.8, 4) is 5.69 Å². The molecular formula is C22H19N7O. The molecule has 3 aromatic heterocycles. The molecule has 2 N–H and O–H groups in total. The molecule has 0 fully saturated rings. The summed E-state index contributed by atoms with van der Waals surface area (Å²) in [5.74, 6) is 0.557. The van der Waals surface area contributed by atoms with E-state index in [1.807, 2.05) is 56.3 Å². The summed E-state index contributed by atoms with van der Waals surface area (Å²) in [6.45, 7) is 4.14. The molecule has 8 nitrogen and oxygen atoms in total. The SMILES string of the molecule is Cc1ccccc1-n1c(Cn2nnc3c(N)cncc32)nc2cccc(C)c2c1=O. The van der Waals surface area contributed by atoms with Crippen molar-refractivity contribution in [3.05, 3.63) is 82.2 Å². The largest absolute Gasteiger partial charge is 0.396 e. The first kappa shape index (κ1) is 18.0. The van der Waals surface area contributed by atoms with Gasteiger partial charge in [0.25, 0.3) is 5.56 Å². The summed E-state index contributed by atoms with van der Waals surface area (Å²) in [4.78, 5) is 22.6. The van der Waals surface area contributed by atoms with Crippen molar-refractivity contribution in [2.24, 2.45) is 0 Å². The lowest BCUT2D eigenvalue weighted by Crippen LogP contribution is -2.26. The van der Waals surface area contributed by atoms with E-state index in [-0.39, 0.29) is 12.1 Å². The number of pyridine rings is 1. The first-order valence-electron chi connectivity index (χ1n) is 9.54. The van der Waals surface area contributed by atoms with E-state index in [1.165, 1.54) is 0 Å². The minimum absolute atomic E-state index is 0.107. The Hall–Kier alpha value is -4.07. The summed E-state index contributed by atoms with van der Waals surface area (Å²) < 4.78 is 3.33. The van der Waals surface area contributed by atoms with Gasteiger partial charge >= 0.3 is 0 Å². The maximum atomic E-state index is 13.6. The van der Waals surface area contributed by atoms with Crippen LogP contribution < -0.4 is 11.3 Å². The second kappa shape index (κ2) is 6.77. The number of aryl methyl sites for hydroxylation is 2. The number of nitrogens with two attached hydrogens (primary N) is 1. The molecule has 0 aliphatic heterocycles. The Bertz CT molecular complexity index is 1480. The summed E-state index contributed by atoms with van der Waals surface area (Å²) in [6, 6.07) is 13.4. The van der Waals surface area contributed by atoms with Gasteiger partial charge in [-0.3, -0.25) is 14.3 Å². The number of rotatable bonds is 3. The van der Waals surface area contributed by atoms with E-state index in [0.29, 0.717) is 33.4 Å². The van der Waals surface area contributed by atoms with Crippen molar-refractivity contribution < 1.29 is 0 Å². The zero-order valence-electron chi connectivity index (χ0n) is 16.6. The topological polar surface area (TPSA) is 105 Å². The Morgan fingerprint density at radius 3 is 2.63 bits per heavy atom. The summed E-state index contributed by atoms with van der Waals surface area (Å²) in [7, 11) is 0. The van der Waals surface area contributed by atoms with Crippen LogP contribution in [-0.4, -0.2) is 29.5 Å². The quantitative estimate of drug-likeness (QED) is 0.502. The van der Waals surface area contributed by atoms with Crippen molar-refractivity contribution in [2.75, 3.05) is 5.73 Å². The first-order chi connectivity index (χ1) is 14.5. The molecule has 0 saturated heterocycles. The Balaban J connectivity index is 1.80. The molecule has 5 rings (SSSR count). The van der Waals surface area contributed by atoms with Gasteiger partial charge in [0.2, 0.25) is 0 Å². The zero-order chi connectivity index (χ0) is 20.8. The predicted molar refractivity (Wildman–Crippen MR) is 116 cm³/mol. The summed E-state index contributed by atoms with van der Waals surface area (Å²) in [5.41, 5.74) is 10.9. The second-order valence-corrected chi connectivity index (χ2v) is 7.27. The normalized spacial score (nSPS) is 11.4. The van der Waals surface area contributed by atoms with Gasteiger partial charge in [0.05, 0.1) is 34.7 Å². The fourth-order valence-electron chi connectivity index (χ4n) is 3.76. The molecule has 30 heavy (non-hydrogen) atoms. The van der Waals surface area contributed by atoms with Gasteiger partial charge in [-0.1, -0.05) is 35.5 Å². The molecule has 0 atom stereocenters. The Labute approximate surface area is 171 Å². The van der Waals surface area contributed by atoms with Crippen LogP contribution in [0.2, 0.25) is 0 Å². The van der Waals surface area contributed by atoms with Crippen LogP contribution in [0.5, 0.6) is 0 Å². The third-order valence-corrected chi connectivity index (χ3v) is 5.28. The maximum absolute atomic E-state index is 13.6. The number of fused-ring (bicyclic) bond motifs is 2. The van der Waals surface area contributed by atoms with Crippen LogP contribution in [0.15, 0.2) is 59.7 Å². The average Bonchev–Trinajstić information content (AvgIpc) is 3.13. The Kier molecular flexibility index (Phi) is 4.06. The lowest BCUT2D eigenvalue weighted by molar-refractivity contribution is 0.626. The molecule has 0 aliphatic carbocycles. The monoisotopic (exact) mass is 397 g/mol. The highest BCUT2D eigenvalue weighted by atomic mass is 16.1. The second-order valence-electron chi connectivity index (χ2n) is 7.27. The molecule has 8 heteroatoms. The van der Waals surface area contributed by atoms with Crippen molar-refractivity contribution in [2.45, 2.75) is 20.4 Å². The van der Waals surface area contributed by atoms with Gasteiger partial charge in [-0.25, -0.2) is 9.67 Å². The van der Waals surface area contributed by atoms with Gasteiger partial charge < -0.3 is 5.73 Å². The summed E-state index contributed by atoms with van der Waals surface area (Å²) in [6.07, 6.45) is 3.20. The molecule has 0 saturated carbocycles. The zero-order valence-corrected chi connectivity index (χ0v) is 16.6. The number of aromatic nitrogens is 6. The molecule has 2 aromatic carbocycles. The standard InChI is InChI=1S/C22H19N7O/c1-13-6-3-4-9-17(13)29-19(25-16-8-5-7-14(2)20(16)22(29)30)12-28-18-11-24-10-15(23)21(18)26-27-28/h3-11H,12,23H2,1-2H3. The predicted octanol–water partition coefficient (Wildman–Crippen LogP) is 2.77. The lowest BCUT2D eigenvalue weighted by atomic mass is 10.1. The fourth-order valence-corrected chi connectivity index (χ4v) is 3.76. The van der Waals surface area contributed by atoms with Crippen LogP contribution in [0.25, 0.3) is 27.6 Å². The molecule has 5 aromatic rings. The molecule has 0 spiro atoms.